The van der Waals surface area contributed by atoms with Crippen molar-refractivity contribution in [2.24, 2.45) is 5.73 Å². The van der Waals surface area contributed by atoms with E-state index in [2.05, 4.69) is 0 Å². The van der Waals surface area contributed by atoms with Crippen molar-refractivity contribution >= 4 is 11.9 Å². The van der Waals surface area contributed by atoms with Gasteiger partial charge in [-0.15, -0.1) is 0 Å². The first-order valence-corrected chi connectivity index (χ1v) is 7.70. The van der Waals surface area contributed by atoms with Crippen molar-refractivity contribution in [3.8, 4) is 0 Å². The molecule has 2 aromatic rings. The lowest BCUT2D eigenvalue weighted by Crippen LogP contribution is -2.43. The Hall–Kier alpha value is -2.87. The Morgan fingerprint density at radius 2 is 1.65 bits per heavy atom. The van der Waals surface area contributed by atoms with Crippen molar-refractivity contribution in [1.82, 2.24) is 10.2 Å². The summed E-state index contributed by atoms with van der Waals surface area (Å²) in [6.07, 6.45) is -4.40. The van der Waals surface area contributed by atoms with Gasteiger partial charge in [0.1, 0.15) is 6.04 Å². The second-order valence-electron chi connectivity index (χ2n) is 5.78. The van der Waals surface area contributed by atoms with Gasteiger partial charge in [-0.25, -0.2) is 4.79 Å². The number of halogens is 3. The van der Waals surface area contributed by atoms with E-state index in [1.807, 2.05) is 5.32 Å². The number of nitrogens with one attached hydrogen (secondary N) is 1. The number of carbonyl (C=O) groups excluding carboxylic acids is 2. The van der Waals surface area contributed by atoms with Crippen LogP contribution >= 0.6 is 0 Å². The van der Waals surface area contributed by atoms with Crippen molar-refractivity contribution < 1.29 is 22.8 Å². The molecule has 3 N–H and O–H groups in total. The largest absolute Gasteiger partial charge is 0.416 e. The van der Waals surface area contributed by atoms with Gasteiger partial charge in [-0.2, -0.15) is 13.2 Å². The summed E-state index contributed by atoms with van der Waals surface area (Å²) in [4.78, 5) is 25.0. The molecule has 0 spiro atoms. The molecule has 0 unspecified atom stereocenters. The molecule has 0 saturated heterocycles. The summed E-state index contributed by atoms with van der Waals surface area (Å²) in [5.41, 5.74) is 5.50. The average molecular weight is 365 g/mol. The van der Waals surface area contributed by atoms with Crippen molar-refractivity contribution in [2.75, 3.05) is 7.05 Å². The predicted octanol–water partition coefficient (Wildman–Crippen LogP) is 3.07. The molecule has 3 amide bonds. The summed E-state index contributed by atoms with van der Waals surface area (Å²) >= 11 is 0. The van der Waals surface area contributed by atoms with E-state index in [4.69, 9.17) is 5.73 Å². The van der Waals surface area contributed by atoms with Crippen molar-refractivity contribution in [2.45, 2.75) is 18.8 Å². The minimum absolute atomic E-state index is 0.198. The van der Waals surface area contributed by atoms with Crippen LogP contribution in [0, 0.1) is 0 Å². The number of carbonyl (C=O) groups is 2. The third kappa shape index (κ3) is 5.06. The summed E-state index contributed by atoms with van der Waals surface area (Å²) in [6, 6.07) is 11.6. The molecule has 8 heteroatoms. The van der Waals surface area contributed by atoms with E-state index < -0.39 is 29.7 Å². The fourth-order valence-electron chi connectivity index (χ4n) is 2.61. The van der Waals surface area contributed by atoms with Gasteiger partial charge in [-0.3, -0.25) is 15.0 Å². The molecule has 0 aliphatic rings. The fraction of sp³-hybridized carbons (Fsp3) is 0.222. The molecule has 0 aliphatic heterocycles. The van der Waals surface area contributed by atoms with E-state index in [1.54, 1.807) is 42.3 Å². The number of nitrogens with two attached hydrogens (primary N) is 1. The van der Waals surface area contributed by atoms with E-state index in [0.29, 0.717) is 11.1 Å². The normalized spacial score (nSPS) is 12.7. The molecular weight excluding hydrogens is 347 g/mol. The summed E-state index contributed by atoms with van der Waals surface area (Å²) in [5.74, 6) is -0.613. The SMILES string of the molecule is CN(Cc1ccc(C(F)(F)F)cc1)[C@H](C(=O)NC(N)=O)c1ccccc1. The van der Waals surface area contributed by atoms with Gasteiger partial charge in [-0.05, 0) is 30.3 Å². The van der Waals surface area contributed by atoms with E-state index in [1.165, 1.54) is 12.1 Å². The monoisotopic (exact) mass is 365 g/mol. The van der Waals surface area contributed by atoms with Crippen molar-refractivity contribution in [3.05, 3.63) is 71.3 Å². The lowest BCUT2D eigenvalue weighted by atomic mass is 10.0. The summed E-state index contributed by atoms with van der Waals surface area (Å²) in [6.45, 7) is 0.198. The Bertz CT molecular complexity index is 762. The molecule has 2 rings (SSSR count). The highest BCUT2D eigenvalue weighted by atomic mass is 19.4. The number of rotatable bonds is 5. The maximum absolute atomic E-state index is 12.7. The van der Waals surface area contributed by atoms with Gasteiger partial charge in [-0.1, -0.05) is 42.5 Å². The Labute approximate surface area is 148 Å². The number of benzene rings is 2. The van der Waals surface area contributed by atoms with E-state index in [-0.39, 0.29) is 6.54 Å². The van der Waals surface area contributed by atoms with Gasteiger partial charge in [0.2, 0.25) is 5.91 Å². The maximum atomic E-state index is 12.7. The van der Waals surface area contributed by atoms with Crippen molar-refractivity contribution in [1.29, 1.82) is 0 Å². The second-order valence-corrected chi connectivity index (χ2v) is 5.78. The zero-order valence-corrected chi connectivity index (χ0v) is 14.0. The zero-order chi connectivity index (χ0) is 19.3. The predicted molar refractivity (Wildman–Crippen MR) is 89.8 cm³/mol. The van der Waals surface area contributed by atoms with Crippen LogP contribution in [0.5, 0.6) is 0 Å². The molecule has 0 bridgehead atoms. The highest BCUT2D eigenvalue weighted by molar-refractivity contribution is 5.96. The molecule has 0 radical (unpaired) electrons. The lowest BCUT2D eigenvalue weighted by Gasteiger charge is -2.27. The van der Waals surface area contributed by atoms with Gasteiger partial charge in [0.05, 0.1) is 5.56 Å². The van der Waals surface area contributed by atoms with Crippen molar-refractivity contribution in [3.63, 3.8) is 0 Å². The number of urea groups is 1. The molecule has 0 aromatic heterocycles. The van der Waals surface area contributed by atoms with Gasteiger partial charge in [0, 0.05) is 6.54 Å². The number of imide groups is 1. The number of hydrogen-bond donors (Lipinski definition) is 2. The molecule has 0 fully saturated rings. The van der Waals surface area contributed by atoms with Crippen LogP contribution in [0.4, 0.5) is 18.0 Å². The van der Waals surface area contributed by atoms with Gasteiger partial charge in [0.25, 0.3) is 0 Å². The summed E-state index contributed by atoms with van der Waals surface area (Å²) < 4.78 is 38.0. The average Bonchev–Trinajstić information content (AvgIpc) is 2.55. The van der Waals surface area contributed by atoms with E-state index in [9.17, 15) is 22.8 Å². The summed E-state index contributed by atoms with van der Waals surface area (Å²) in [7, 11) is 1.63. The number of amides is 3. The molecule has 1 atom stereocenters. The van der Waals surface area contributed by atoms with Gasteiger partial charge < -0.3 is 5.73 Å². The highest BCUT2D eigenvalue weighted by Crippen LogP contribution is 2.29. The number of likely N-dealkylation sites (N-methyl/N-ethyl adjacent to an activating group) is 1. The second kappa shape index (κ2) is 8.01. The van der Waals surface area contributed by atoms with Crippen LogP contribution in [-0.2, 0) is 17.5 Å². The van der Waals surface area contributed by atoms with Crippen LogP contribution < -0.4 is 11.1 Å². The van der Waals surface area contributed by atoms with Crippen LogP contribution in [0.3, 0.4) is 0 Å². The molecule has 0 saturated carbocycles. The van der Waals surface area contributed by atoms with Gasteiger partial charge >= 0.3 is 12.2 Å². The van der Waals surface area contributed by atoms with Crippen LogP contribution in [-0.4, -0.2) is 23.9 Å². The number of alkyl halides is 3. The summed E-state index contributed by atoms with van der Waals surface area (Å²) in [5, 5.41) is 2.05. The Kier molecular flexibility index (Phi) is 5.99. The Balaban J connectivity index is 2.22. The van der Waals surface area contributed by atoms with Gasteiger partial charge in [0.15, 0.2) is 0 Å². The lowest BCUT2D eigenvalue weighted by molar-refractivity contribution is -0.137. The number of nitrogens with zero attached hydrogens (tertiary/aromatic N) is 1. The molecule has 5 nitrogen and oxygen atoms in total. The zero-order valence-electron chi connectivity index (χ0n) is 14.0. The fourth-order valence-corrected chi connectivity index (χ4v) is 2.61. The van der Waals surface area contributed by atoms with Crippen LogP contribution in [0.15, 0.2) is 54.6 Å². The first kappa shape index (κ1) is 19.5. The van der Waals surface area contributed by atoms with Crippen LogP contribution in [0.25, 0.3) is 0 Å². The van der Waals surface area contributed by atoms with Crippen LogP contribution in [0.1, 0.15) is 22.7 Å². The molecule has 26 heavy (non-hydrogen) atoms. The molecule has 0 aliphatic carbocycles. The number of hydrogen-bond acceptors (Lipinski definition) is 3. The first-order valence-electron chi connectivity index (χ1n) is 7.70. The molecule has 2 aromatic carbocycles. The Morgan fingerprint density at radius 1 is 1.08 bits per heavy atom. The quantitative estimate of drug-likeness (QED) is 0.855. The number of primary amides is 1. The maximum Gasteiger partial charge on any atom is 0.416 e. The first-order chi connectivity index (χ1) is 12.2. The third-order valence-electron chi connectivity index (χ3n) is 3.76. The van der Waals surface area contributed by atoms with E-state index >= 15 is 0 Å². The van der Waals surface area contributed by atoms with E-state index in [0.717, 1.165) is 12.1 Å². The highest BCUT2D eigenvalue weighted by Gasteiger charge is 2.30. The molecular formula is C18H18F3N3O2. The third-order valence-corrected chi connectivity index (χ3v) is 3.76. The standard InChI is InChI=1S/C18H18F3N3O2/c1-24(11-12-7-9-14(10-8-12)18(19,20)21)15(16(25)23-17(22)26)13-5-3-2-4-6-13/h2-10,15H,11H2,1H3,(H3,22,23,25,26)/t15-/m0/s1. The molecule has 138 valence electrons. The minimum atomic E-state index is -4.40. The topological polar surface area (TPSA) is 75.4 Å². The minimum Gasteiger partial charge on any atom is -0.351 e. The molecule has 0 heterocycles. The van der Waals surface area contributed by atoms with Crippen LogP contribution in [0.2, 0.25) is 0 Å². The smallest absolute Gasteiger partial charge is 0.351 e. The Morgan fingerprint density at radius 3 is 2.15 bits per heavy atom.